The Morgan fingerprint density at radius 2 is 1.74 bits per heavy atom. The van der Waals surface area contributed by atoms with Gasteiger partial charge in [0.05, 0.1) is 0 Å². The van der Waals surface area contributed by atoms with Gasteiger partial charge in [-0.15, -0.1) is 0 Å². The summed E-state index contributed by atoms with van der Waals surface area (Å²) in [5.41, 5.74) is 7.92. The van der Waals surface area contributed by atoms with E-state index in [4.69, 9.17) is 5.73 Å². The standard InChI is InChI=1S/C17H30N2/c1-3-4-5-6-7-14-19-15(2)8-9-16-10-12-17(18)13-11-16/h10-13,15,19H,3-9,14,18H2,1-2H3. The summed E-state index contributed by atoms with van der Waals surface area (Å²) in [7, 11) is 0. The molecule has 0 saturated carbocycles. The van der Waals surface area contributed by atoms with Crippen molar-refractivity contribution in [3.8, 4) is 0 Å². The van der Waals surface area contributed by atoms with Crippen molar-refractivity contribution < 1.29 is 0 Å². The van der Waals surface area contributed by atoms with Crippen molar-refractivity contribution in [1.29, 1.82) is 0 Å². The molecule has 1 aromatic carbocycles. The number of aryl methyl sites for hydroxylation is 1. The monoisotopic (exact) mass is 262 g/mol. The highest BCUT2D eigenvalue weighted by Crippen LogP contribution is 2.09. The molecule has 19 heavy (non-hydrogen) atoms. The second kappa shape index (κ2) is 9.85. The Bertz CT molecular complexity index is 319. The highest BCUT2D eigenvalue weighted by Gasteiger charge is 2.01. The van der Waals surface area contributed by atoms with Crippen LogP contribution < -0.4 is 11.1 Å². The zero-order valence-electron chi connectivity index (χ0n) is 12.6. The van der Waals surface area contributed by atoms with Gasteiger partial charge in [0.25, 0.3) is 0 Å². The Labute approximate surface area is 118 Å². The molecular formula is C17H30N2. The van der Waals surface area contributed by atoms with Gasteiger partial charge >= 0.3 is 0 Å². The van der Waals surface area contributed by atoms with E-state index in [0.717, 1.165) is 18.7 Å². The minimum absolute atomic E-state index is 0.601. The molecule has 1 unspecified atom stereocenters. The first-order chi connectivity index (χ1) is 9.22. The van der Waals surface area contributed by atoms with Gasteiger partial charge < -0.3 is 11.1 Å². The second-order valence-corrected chi connectivity index (χ2v) is 5.55. The molecule has 1 rings (SSSR count). The molecule has 1 aromatic rings. The number of hydrogen-bond donors (Lipinski definition) is 2. The number of benzene rings is 1. The minimum atomic E-state index is 0.601. The largest absolute Gasteiger partial charge is 0.399 e. The molecule has 0 amide bonds. The molecular weight excluding hydrogens is 232 g/mol. The smallest absolute Gasteiger partial charge is 0.0314 e. The van der Waals surface area contributed by atoms with Crippen molar-refractivity contribution >= 4 is 5.69 Å². The average molecular weight is 262 g/mol. The van der Waals surface area contributed by atoms with Crippen LogP contribution in [0.25, 0.3) is 0 Å². The lowest BCUT2D eigenvalue weighted by Crippen LogP contribution is -2.27. The molecule has 2 nitrogen and oxygen atoms in total. The molecule has 0 aliphatic heterocycles. The molecule has 3 N–H and O–H groups in total. The predicted octanol–water partition coefficient (Wildman–Crippen LogP) is 4.15. The molecule has 0 bridgehead atoms. The number of nitrogen functional groups attached to an aromatic ring is 1. The molecule has 0 aromatic heterocycles. The van der Waals surface area contributed by atoms with Crippen LogP contribution in [0.1, 0.15) is 57.9 Å². The fourth-order valence-corrected chi connectivity index (χ4v) is 2.25. The summed E-state index contributed by atoms with van der Waals surface area (Å²) in [6, 6.07) is 8.84. The summed E-state index contributed by atoms with van der Waals surface area (Å²) >= 11 is 0. The number of unbranched alkanes of at least 4 members (excludes halogenated alkanes) is 4. The van der Waals surface area contributed by atoms with Gasteiger partial charge in [-0.3, -0.25) is 0 Å². The first-order valence-corrected chi connectivity index (χ1v) is 7.80. The maximum Gasteiger partial charge on any atom is 0.0314 e. The molecule has 0 aliphatic rings. The van der Waals surface area contributed by atoms with Gasteiger partial charge in [0.1, 0.15) is 0 Å². The van der Waals surface area contributed by atoms with Crippen molar-refractivity contribution in [3.05, 3.63) is 29.8 Å². The van der Waals surface area contributed by atoms with Gasteiger partial charge in [-0.1, -0.05) is 44.7 Å². The van der Waals surface area contributed by atoms with Crippen LogP contribution in [0.5, 0.6) is 0 Å². The molecule has 0 radical (unpaired) electrons. The molecule has 1 atom stereocenters. The average Bonchev–Trinajstić information content (AvgIpc) is 2.42. The van der Waals surface area contributed by atoms with E-state index in [1.807, 2.05) is 12.1 Å². The molecule has 0 heterocycles. The molecule has 0 fully saturated rings. The van der Waals surface area contributed by atoms with Crippen LogP contribution in [0.3, 0.4) is 0 Å². The molecule has 2 heteroatoms. The van der Waals surface area contributed by atoms with E-state index in [2.05, 4.69) is 31.3 Å². The fraction of sp³-hybridized carbons (Fsp3) is 0.647. The Balaban J connectivity index is 2.04. The summed E-state index contributed by atoms with van der Waals surface area (Å²) in [5.74, 6) is 0. The van der Waals surface area contributed by atoms with Crippen LogP contribution >= 0.6 is 0 Å². The Kier molecular flexibility index (Phi) is 8.31. The van der Waals surface area contributed by atoms with Crippen molar-refractivity contribution in [2.45, 2.75) is 64.8 Å². The Morgan fingerprint density at radius 3 is 2.42 bits per heavy atom. The van der Waals surface area contributed by atoms with Gasteiger partial charge in [0.15, 0.2) is 0 Å². The third kappa shape index (κ3) is 7.89. The van der Waals surface area contributed by atoms with Gasteiger partial charge in [-0.2, -0.15) is 0 Å². The van der Waals surface area contributed by atoms with E-state index in [1.165, 1.54) is 44.1 Å². The van der Waals surface area contributed by atoms with Crippen LogP contribution in [-0.4, -0.2) is 12.6 Å². The fourth-order valence-electron chi connectivity index (χ4n) is 2.25. The topological polar surface area (TPSA) is 38.0 Å². The zero-order valence-corrected chi connectivity index (χ0v) is 12.6. The lowest BCUT2D eigenvalue weighted by Gasteiger charge is -2.13. The minimum Gasteiger partial charge on any atom is -0.399 e. The van der Waals surface area contributed by atoms with E-state index in [0.29, 0.717) is 6.04 Å². The van der Waals surface area contributed by atoms with Crippen molar-refractivity contribution in [3.63, 3.8) is 0 Å². The summed E-state index contributed by atoms with van der Waals surface area (Å²) in [6.45, 7) is 5.70. The van der Waals surface area contributed by atoms with Crippen LogP contribution in [0.2, 0.25) is 0 Å². The first-order valence-electron chi connectivity index (χ1n) is 7.80. The molecule has 0 spiro atoms. The lowest BCUT2D eigenvalue weighted by atomic mass is 10.1. The maximum atomic E-state index is 5.69. The summed E-state index contributed by atoms with van der Waals surface area (Å²) in [5, 5.41) is 3.62. The first kappa shape index (κ1) is 16.0. The molecule has 108 valence electrons. The summed E-state index contributed by atoms with van der Waals surface area (Å²) in [4.78, 5) is 0. The van der Waals surface area contributed by atoms with Crippen LogP contribution in [0, 0.1) is 0 Å². The van der Waals surface area contributed by atoms with E-state index < -0.39 is 0 Å². The van der Waals surface area contributed by atoms with Gasteiger partial charge in [0, 0.05) is 11.7 Å². The van der Waals surface area contributed by atoms with Crippen molar-refractivity contribution in [2.24, 2.45) is 0 Å². The Morgan fingerprint density at radius 1 is 1.05 bits per heavy atom. The van der Waals surface area contributed by atoms with E-state index in [9.17, 15) is 0 Å². The van der Waals surface area contributed by atoms with E-state index >= 15 is 0 Å². The van der Waals surface area contributed by atoms with Crippen molar-refractivity contribution in [1.82, 2.24) is 5.32 Å². The highest BCUT2D eigenvalue weighted by molar-refractivity contribution is 5.39. The summed E-state index contributed by atoms with van der Waals surface area (Å²) in [6.07, 6.45) is 9.09. The van der Waals surface area contributed by atoms with Crippen molar-refractivity contribution in [2.75, 3.05) is 12.3 Å². The predicted molar refractivity (Wildman–Crippen MR) is 85.4 cm³/mol. The third-order valence-corrected chi connectivity index (χ3v) is 3.62. The van der Waals surface area contributed by atoms with E-state index in [-0.39, 0.29) is 0 Å². The second-order valence-electron chi connectivity index (χ2n) is 5.55. The number of nitrogens with two attached hydrogens (primary N) is 1. The summed E-state index contributed by atoms with van der Waals surface area (Å²) < 4.78 is 0. The quantitative estimate of drug-likeness (QED) is 0.491. The van der Waals surface area contributed by atoms with Gasteiger partial charge in [-0.05, 0) is 50.4 Å². The number of rotatable bonds is 10. The number of anilines is 1. The number of nitrogens with one attached hydrogen (secondary N) is 1. The third-order valence-electron chi connectivity index (χ3n) is 3.62. The highest BCUT2D eigenvalue weighted by atomic mass is 14.9. The van der Waals surface area contributed by atoms with Crippen LogP contribution in [-0.2, 0) is 6.42 Å². The molecule has 0 saturated heterocycles. The van der Waals surface area contributed by atoms with Crippen LogP contribution in [0.15, 0.2) is 24.3 Å². The van der Waals surface area contributed by atoms with Gasteiger partial charge in [-0.25, -0.2) is 0 Å². The number of hydrogen-bond acceptors (Lipinski definition) is 2. The zero-order chi connectivity index (χ0) is 13.9. The molecule has 0 aliphatic carbocycles. The Hall–Kier alpha value is -1.02. The van der Waals surface area contributed by atoms with Crippen LogP contribution in [0.4, 0.5) is 5.69 Å². The van der Waals surface area contributed by atoms with E-state index in [1.54, 1.807) is 0 Å². The maximum absolute atomic E-state index is 5.69. The normalized spacial score (nSPS) is 12.5. The lowest BCUT2D eigenvalue weighted by molar-refractivity contribution is 0.493. The SMILES string of the molecule is CCCCCCCNC(C)CCc1ccc(N)cc1. The van der Waals surface area contributed by atoms with Gasteiger partial charge in [0.2, 0.25) is 0 Å².